The molecule has 2 heterocycles. The highest BCUT2D eigenvalue weighted by Gasteiger charge is 2.02. The minimum Gasteiger partial charge on any atom is -0.381 e. The van der Waals surface area contributed by atoms with Gasteiger partial charge in [0.2, 0.25) is 0 Å². The lowest BCUT2D eigenvalue weighted by Crippen LogP contribution is -2.24. The molecule has 2 saturated heterocycles. The van der Waals surface area contributed by atoms with Gasteiger partial charge in [-0.05, 0) is 39.4 Å². The molecule has 0 bridgehead atoms. The van der Waals surface area contributed by atoms with Crippen LogP contribution in [0.25, 0.3) is 0 Å². The predicted octanol–water partition coefficient (Wildman–Crippen LogP) is 4.63. The van der Waals surface area contributed by atoms with Crippen molar-refractivity contribution >= 4 is 0 Å². The van der Waals surface area contributed by atoms with Gasteiger partial charge in [-0.25, -0.2) is 0 Å². The average Bonchev–Trinajstić information content (AvgIpc) is 3.11. The van der Waals surface area contributed by atoms with E-state index in [4.69, 9.17) is 4.74 Å². The molecular weight excluding hydrogens is 234 g/mol. The van der Waals surface area contributed by atoms with Crippen LogP contribution in [-0.4, -0.2) is 38.3 Å². The first-order valence-corrected chi connectivity index (χ1v) is 8.66. The summed E-state index contributed by atoms with van der Waals surface area (Å²) in [6, 6.07) is 0. The molecule has 0 atom stereocenters. The van der Waals surface area contributed by atoms with Crippen LogP contribution in [0.2, 0.25) is 0 Å². The third-order valence-electron chi connectivity index (χ3n) is 3.76. The fourth-order valence-corrected chi connectivity index (χ4v) is 2.08. The standard InChI is InChI=1S/C6H13N.C5H10.C3H6O.C3H6/c1-7-5-3-2-4-6-7;1-2-4-5-3-1;1-2-4-3-1;1-2-3-1/h2-6H2,1H3;1-5H2;1-3H2;1-3H2. The normalized spacial score (nSPS) is 24.5. The van der Waals surface area contributed by atoms with Crippen molar-refractivity contribution in [2.45, 2.75) is 77.0 Å². The quantitative estimate of drug-likeness (QED) is 0.636. The molecule has 0 aromatic heterocycles. The Hall–Kier alpha value is -0.0800. The van der Waals surface area contributed by atoms with Gasteiger partial charge in [-0.2, -0.15) is 0 Å². The van der Waals surface area contributed by atoms with E-state index in [9.17, 15) is 0 Å². The Morgan fingerprint density at radius 3 is 0.947 bits per heavy atom. The average molecular weight is 269 g/mol. The number of ether oxygens (including phenoxy) is 1. The molecule has 0 aromatic rings. The summed E-state index contributed by atoms with van der Waals surface area (Å²) < 4.78 is 4.72. The molecule has 19 heavy (non-hydrogen) atoms. The Bertz CT molecular complexity index is 154. The summed E-state index contributed by atoms with van der Waals surface area (Å²) in [6.07, 6.45) is 17.6. The zero-order valence-electron chi connectivity index (χ0n) is 13.2. The lowest BCUT2D eigenvalue weighted by Gasteiger charge is -2.20. The van der Waals surface area contributed by atoms with E-state index in [1.807, 2.05) is 0 Å². The van der Waals surface area contributed by atoms with E-state index in [0.717, 1.165) is 13.2 Å². The van der Waals surface area contributed by atoms with Crippen molar-refractivity contribution < 1.29 is 4.74 Å². The zero-order chi connectivity index (χ0) is 13.6. The van der Waals surface area contributed by atoms with Crippen molar-refractivity contribution in [1.82, 2.24) is 4.90 Å². The van der Waals surface area contributed by atoms with Gasteiger partial charge in [0.1, 0.15) is 0 Å². The van der Waals surface area contributed by atoms with Crippen LogP contribution in [0.3, 0.4) is 0 Å². The Labute approximate surface area is 120 Å². The van der Waals surface area contributed by atoms with Crippen LogP contribution in [0.5, 0.6) is 0 Å². The summed E-state index contributed by atoms with van der Waals surface area (Å²) in [4.78, 5) is 2.39. The lowest BCUT2D eigenvalue weighted by molar-refractivity contribution is 0.0367. The molecule has 0 amide bonds. The molecule has 0 spiro atoms. The molecular formula is C17H35NO. The van der Waals surface area contributed by atoms with Gasteiger partial charge in [-0.15, -0.1) is 0 Å². The summed E-state index contributed by atoms with van der Waals surface area (Å²) in [7, 11) is 2.19. The molecule has 0 unspecified atom stereocenters. The third kappa shape index (κ3) is 14.1. The largest absolute Gasteiger partial charge is 0.381 e. The second-order valence-corrected chi connectivity index (χ2v) is 6.16. The Morgan fingerprint density at radius 2 is 0.789 bits per heavy atom. The fourth-order valence-electron chi connectivity index (χ4n) is 2.08. The zero-order valence-corrected chi connectivity index (χ0v) is 13.2. The highest BCUT2D eigenvalue weighted by atomic mass is 16.5. The molecule has 2 saturated carbocycles. The van der Waals surface area contributed by atoms with E-state index in [1.54, 1.807) is 0 Å². The van der Waals surface area contributed by atoms with Crippen LogP contribution in [0.1, 0.15) is 77.0 Å². The van der Waals surface area contributed by atoms with Crippen molar-refractivity contribution in [3.8, 4) is 0 Å². The smallest absolute Gasteiger partial charge is 0.0488 e. The van der Waals surface area contributed by atoms with Crippen molar-refractivity contribution in [3.63, 3.8) is 0 Å². The number of piperidine rings is 1. The summed E-state index contributed by atoms with van der Waals surface area (Å²) in [6.45, 7) is 4.64. The van der Waals surface area contributed by atoms with Crippen LogP contribution in [0.4, 0.5) is 0 Å². The summed E-state index contributed by atoms with van der Waals surface area (Å²) in [5.74, 6) is 0. The van der Waals surface area contributed by atoms with E-state index in [0.29, 0.717) is 0 Å². The second kappa shape index (κ2) is 12.9. The third-order valence-corrected chi connectivity index (χ3v) is 3.76. The van der Waals surface area contributed by atoms with E-state index in [1.165, 1.54) is 90.1 Å². The SMILES string of the molecule is C1CC1.C1CCCC1.C1COC1.CN1CCCCC1. The molecule has 2 aliphatic heterocycles. The molecule has 2 heteroatoms. The number of rotatable bonds is 0. The number of nitrogens with zero attached hydrogens (tertiary/aromatic N) is 1. The van der Waals surface area contributed by atoms with Crippen LogP contribution in [0.15, 0.2) is 0 Å². The lowest BCUT2D eigenvalue weighted by atomic mass is 10.1. The van der Waals surface area contributed by atoms with E-state index in [2.05, 4.69) is 11.9 Å². The van der Waals surface area contributed by atoms with Crippen LogP contribution < -0.4 is 0 Å². The molecule has 0 aromatic carbocycles. The van der Waals surface area contributed by atoms with Gasteiger partial charge in [-0.3, -0.25) is 0 Å². The fraction of sp³-hybridized carbons (Fsp3) is 1.00. The van der Waals surface area contributed by atoms with Crippen molar-refractivity contribution in [3.05, 3.63) is 0 Å². The van der Waals surface area contributed by atoms with E-state index >= 15 is 0 Å². The highest BCUT2D eigenvalue weighted by molar-refractivity contribution is 4.58. The summed E-state index contributed by atoms with van der Waals surface area (Å²) in [5.41, 5.74) is 0. The first-order chi connectivity index (χ1) is 9.39. The molecule has 4 rings (SSSR count). The number of likely N-dealkylation sites (tertiary alicyclic amines) is 1. The molecule has 4 aliphatic rings. The minimum absolute atomic E-state index is 1.00. The second-order valence-electron chi connectivity index (χ2n) is 6.16. The minimum atomic E-state index is 1.00. The Balaban J connectivity index is 0.000000132. The number of hydrogen-bond acceptors (Lipinski definition) is 2. The van der Waals surface area contributed by atoms with Gasteiger partial charge in [0.15, 0.2) is 0 Å². The molecule has 2 nitrogen and oxygen atoms in total. The highest BCUT2D eigenvalue weighted by Crippen LogP contribution is 2.15. The van der Waals surface area contributed by atoms with E-state index < -0.39 is 0 Å². The first-order valence-electron chi connectivity index (χ1n) is 8.66. The maximum Gasteiger partial charge on any atom is 0.0488 e. The van der Waals surface area contributed by atoms with Gasteiger partial charge >= 0.3 is 0 Å². The van der Waals surface area contributed by atoms with Crippen LogP contribution in [-0.2, 0) is 4.74 Å². The predicted molar refractivity (Wildman–Crippen MR) is 83.7 cm³/mol. The summed E-state index contributed by atoms with van der Waals surface area (Å²) >= 11 is 0. The van der Waals surface area contributed by atoms with E-state index in [-0.39, 0.29) is 0 Å². The van der Waals surface area contributed by atoms with Gasteiger partial charge in [-0.1, -0.05) is 57.8 Å². The molecule has 0 radical (unpaired) electrons. The molecule has 0 N–H and O–H groups in total. The molecule has 4 fully saturated rings. The monoisotopic (exact) mass is 269 g/mol. The van der Waals surface area contributed by atoms with Crippen molar-refractivity contribution in [2.75, 3.05) is 33.4 Å². The van der Waals surface area contributed by atoms with Crippen molar-refractivity contribution in [2.24, 2.45) is 0 Å². The first kappa shape index (κ1) is 17.0. The van der Waals surface area contributed by atoms with Crippen molar-refractivity contribution in [1.29, 1.82) is 0 Å². The maximum absolute atomic E-state index is 4.72. The Kier molecular flexibility index (Phi) is 11.5. The summed E-state index contributed by atoms with van der Waals surface area (Å²) in [5, 5.41) is 0. The van der Waals surface area contributed by atoms with Crippen LogP contribution in [0, 0.1) is 0 Å². The number of hydrogen-bond donors (Lipinski definition) is 0. The van der Waals surface area contributed by atoms with Gasteiger partial charge < -0.3 is 9.64 Å². The maximum atomic E-state index is 4.72. The molecule has 2 aliphatic carbocycles. The molecule has 114 valence electrons. The van der Waals surface area contributed by atoms with Gasteiger partial charge in [0.25, 0.3) is 0 Å². The Morgan fingerprint density at radius 1 is 0.526 bits per heavy atom. The van der Waals surface area contributed by atoms with Gasteiger partial charge in [0.05, 0.1) is 0 Å². The topological polar surface area (TPSA) is 12.5 Å². The van der Waals surface area contributed by atoms with Crippen LogP contribution >= 0.6 is 0 Å². The van der Waals surface area contributed by atoms with Gasteiger partial charge in [0, 0.05) is 13.2 Å².